The van der Waals surface area contributed by atoms with E-state index in [9.17, 15) is 4.79 Å². The highest BCUT2D eigenvalue weighted by Crippen LogP contribution is 2.26. The highest BCUT2D eigenvalue weighted by atomic mass is 35.5. The average Bonchev–Trinajstić information content (AvgIpc) is 3.19. The molecule has 2 aromatic heterocycles. The molecule has 0 radical (unpaired) electrons. The number of aryl methyl sites for hydroxylation is 3. The zero-order valence-electron chi connectivity index (χ0n) is 19.0. The summed E-state index contributed by atoms with van der Waals surface area (Å²) >= 11 is 6.26. The van der Waals surface area contributed by atoms with Crippen molar-refractivity contribution in [2.24, 2.45) is 0 Å². The molecule has 7 heteroatoms. The molecule has 0 saturated carbocycles. The van der Waals surface area contributed by atoms with E-state index in [0.717, 1.165) is 45.2 Å². The molecule has 2 aromatic carbocycles. The molecule has 33 heavy (non-hydrogen) atoms. The quantitative estimate of drug-likeness (QED) is 0.343. The van der Waals surface area contributed by atoms with Gasteiger partial charge in [0.05, 0.1) is 23.7 Å². The molecule has 0 saturated heterocycles. The van der Waals surface area contributed by atoms with Gasteiger partial charge in [-0.25, -0.2) is 4.98 Å². The lowest BCUT2D eigenvalue weighted by atomic mass is 10.1. The predicted molar refractivity (Wildman–Crippen MR) is 131 cm³/mol. The number of aromatic nitrogens is 3. The highest BCUT2D eigenvalue weighted by Gasteiger charge is 2.19. The number of rotatable bonds is 8. The normalized spacial score (nSPS) is 12.0. The lowest BCUT2D eigenvalue weighted by molar-refractivity contribution is 0.0932. The number of hydrogen-bond acceptors (Lipinski definition) is 4. The summed E-state index contributed by atoms with van der Waals surface area (Å²) in [6.07, 6.45) is 2.40. The second-order valence-electron chi connectivity index (χ2n) is 8.09. The minimum Gasteiger partial charge on any atom is -0.494 e. The Morgan fingerprint density at radius 3 is 2.58 bits per heavy atom. The standard InChI is InChI=1S/C26H27ClN4O2/c1-17-15-20(16-18(2)24(17)27)33-14-8-13-31-23-11-5-4-9-21(23)30-25(31)19(3)29-26(32)22-10-6-7-12-28-22/h4-7,9-12,15-16,19H,8,13-14H2,1-3H3,(H,29,32). The van der Waals surface area contributed by atoms with Crippen LogP contribution in [0.2, 0.25) is 5.02 Å². The maximum Gasteiger partial charge on any atom is 0.270 e. The molecule has 1 unspecified atom stereocenters. The third-order valence-corrected chi connectivity index (χ3v) is 6.12. The van der Waals surface area contributed by atoms with E-state index in [4.69, 9.17) is 21.3 Å². The Bertz CT molecular complexity index is 1250. The number of amides is 1. The van der Waals surface area contributed by atoms with Gasteiger partial charge in [0.15, 0.2) is 0 Å². The van der Waals surface area contributed by atoms with Crippen LogP contribution >= 0.6 is 11.6 Å². The Hall–Kier alpha value is -3.38. The molecular formula is C26H27ClN4O2. The van der Waals surface area contributed by atoms with E-state index in [2.05, 4.69) is 14.9 Å². The number of pyridine rings is 1. The van der Waals surface area contributed by atoms with Crippen LogP contribution in [0, 0.1) is 13.8 Å². The number of carbonyl (C=O) groups excluding carboxylic acids is 1. The molecule has 1 atom stereocenters. The summed E-state index contributed by atoms with van der Waals surface area (Å²) < 4.78 is 8.14. The van der Waals surface area contributed by atoms with E-state index in [0.29, 0.717) is 18.8 Å². The molecule has 2 heterocycles. The van der Waals surface area contributed by atoms with Crippen molar-refractivity contribution < 1.29 is 9.53 Å². The predicted octanol–water partition coefficient (Wildman–Crippen LogP) is 5.66. The molecule has 0 aliphatic rings. The van der Waals surface area contributed by atoms with Crippen molar-refractivity contribution in [1.29, 1.82) is 0 Å². The Kier molecular flexibility index (Phi) is 6.94. The van der Waals surface area contributed by atoms with Gasteiger partial charge in [-0.2, -0.15) is 0 Å². The molecular weight excluding hydrogens is 436 g/mol. The van der Waals surface area contributed by atoms with Gasteiger partial charge in [0.25, 0.3) is 5.91 Å². The van der Waals surface area contributed by atoms with E-state index in [1.807, 2.05) is 57.2 Å². The molecule has 0 bridgehead atoms. The van der Waals surface area contributed by atoms with E-state index in [1.165, 1.54) is 0 Å². The number of nitrogens with zero attached hydrogens (tertiary/aromatic N) is 3. The third-order valence-electron chi connectivity index (χ3n) is 5.52. The number of imidazole rings is 1. The van der Waals surface area contributed by atoms with Crippen LogP contribution in [0.4, 0.5) is 0 Å². The van der Waals surface area contributed by atoms with Gasteiger partial charge in [-0.05, 0) is 74.7 Å². The minimum absolute atomic E-state index is 0.224. The van der Waals surface area contributed by atoms with Gasteiger partial charge in [0.2, 0.25) is 0 Å². The van der Waals surface area contributed by atoms with Crippen LogP contribution in [0.3, 0.4) is 0 Å². The Labute approximate surface area is 198 Å². The Morgan fingerprint density at radius 1 is 1.12 bits per heavy atom. The zero-order chi connectivity index (χ0) is 23.4. The van der Waals surface area contributed by atoms with Crippen molar-refractivity contribution in [3.63, 3.8) is 0 Å². The van der Waals surface area contributed by atoms with Crippen LogP contribution in [0.25, 0.3) is 11.0 Å². The van der Waals surface area contributed by atoms with E-state index < -0.39 is 0 Å². The summed E-state index contributed by atoms with van der Waals surface area (Å²) in [6.45, 7) is 7.17. The average molecular weight is 463 g/mol. The van der Waals surface area contributed by atoms with Crippen LogP contribution in [0.5, 0.6) is 5.75 Å². The first kappa shape index (κ1) is 22.8. The summed E-state index contributed by atoms with van der Waals surface area (Å²) in [5, 5.41) is 3.80. The van der Waals surface area contributed by atoms with Crippen LogP contribution in [-0.2, 0) is 6.54 Å². The summed E-state index contributed by atoms with van der Waals surface area (Å²) in [6, 6.07) is 16.9. The van der Waals surface area contributed by atoms with Crippen molar-refractivity contribution in [3.8, 4) is 5.75 Å². The van der Waals surface area contributed by atoms with Gasteiger partial charge < -0.3 is 14.6 Å². The summed E-state index contributed by atoms with van der Waals surface area (Å²) in [4.78, 5) is 21.5. The largest absolute Gasteiger partial charge is 0.494 e. The molecule has 0 fully saturated rings. The molecule has 1 amide bonds. The van der Waals surface area contributed by atoms with Gasteiger partial charge in [0.1, 0.15) is 17.3 Å². The Balaban J connectivity index is 1.47. The fourth-order valence-corrected chi connectivity index (χ4v) is 4.00. The van der Waals surface area contributed by atoms with Gasteiger partial charge in [-0.1, -0.05) is 29.8 Å². The third kappa shape index (κ3) is 5.17. The minimum atomic E-state index is -0.283. The number of ether oxygens (including phenoxy) is 1. The van der Waals surface area contributed by atoms with Crippen molar-refractivity contribution in [1.82, 2.24) is 19.9 Å². The Morgan fingerprint density at radius 2 is 1.85 bits per heavy atom. The van der Waals surface area contributed by atoms with Crippen molar-refractivity contribution in [2.45, 2.75) is 39.8 Å². The first-order valence-electron chi connectivity index (χ1n) is 11.0. The zero-order valence-corrected chi connectivity index (χ0v) is 19.8. The summed E-state index contributed by atoms with van der Waals surface area (Å²) in [5.41, 5.74) is 4.33. The smallest absolute Gasteiger partial charge is 0.270 e. The maximum absolute atomic E-state index is 12.6. The number of fused-ring (bicyclic) bond motifs is 1. The maximum atomic E-state index is 12.6. The molecule has 4 aromatic rings. The van der Waals surface area contributed by atoms with Crippen molar-refractivity contribution in [2.75, 3.05) is 6.61 Å². The van der Waals surface area contributed by atoms with Gasteiger partial charge in [-0.15, -0.1) is 0 Å². The SMILES string of the molecule is Cc1cc(OCCCn2c(C(C)NC(=O)c3ccccn3)nc3ccccc32)cc(C)c1Cl. The first-order chi connectivity index (χ1) is 15.9. The van der Waals surface area contributed by atoms with E-state index in [-0.39, 0.29) is 11.9 Å². The lowest BCUT2D eigenvalue weighted by Gasteiger charge is -2.16. The van der Waals surface area contributed by atoms with Crippen molar-refractivity contribution in [3.05, 3.63) is 88.5 Å². The molecule has 6 nitrogen and oxygen atoms in total. The second-order valence-corrected chi connectivity index (χ2v) is 8.47. The number of hydrogen-bond donors (Lipinski definition) is 1. The van der Waals surface area contributed by atoms with Crippen LogP contribution in [0.1, 0.15) is 46.8 Å². The second kappa shape index (κ2) is 10.0. The number of para-hydroxylation sites is 2. The van der Waals surface area contributed by atoms with Gasteiger partial charge in [-0.3, -0.25) is 9.78 Å². The van der Waals surface area contributed by atoms with Crippen molar-refractivity contribution >= 4 is 28.5 Å². The monoisotopic (exact) mass is 462 g/mol. The number of benzene rings is 2. The molecule has 0 aliphatic carbocycles. The lowest BCUT2D eigenvalue weighted by Crippen LogP contribution is -2.29. The number of halogens is 1. The van der Waals surface area contributed by atoms with Crippen LogP contribution in [-0.4, -0.2) is 27.0 Å². The molecule has 170 valence electrons. The van der Waals surface area contributed by atoms with E-state index in [1.54, 1.807) is 24.4 Å². The van der Waals surface area contributed by atoms with Crippen LogP contribution in [0.15, 0.2) is 60.8 Å². The molecule has 1 N–H and O–H groups in total. The molecule has 0 spiro atoms. The highest BCUT2D eigenvalue weighted by molar-refractivity contribution is 6.32. The fourth-order valence-electron chi connectivity index (χ4n) is 3.89. The van der Waals surface area contributed by atoms with Gasteiger partial charge >= 0.3 is 0 Å². The molecule has 4 rings (SSSR count). The summed E-state index contributed by atoms with van der Waals surface area (Å²) in [7, 11) is 0. The summed E-state index contributed by atoms with van der Waals surface area (Å²) in [5.74, 6) is 1.40. The van der Waals surface area contributed by atoms with E-state index >= 15 is 0 Å². The number of nitrogens with one attached hydrogen (secondary N) is 1. The molecule has 0 aliphatic heterocycles. The topological polar surface area (TPSA) is 69.0 Å². The first-order valence-corrected chi connectivity index (χ1v) is 11.4. The van der Waals surface area contributed by atoms with Crippen LogP contribution < -0.4 is 10.1 Å². The fraction of sp³-hybridized carbons (Fsp3) is 0.269. The number of carbonyl (C=O) groups is 1. The van der Waals surface area contributed by atoms with Gasteiger partial charge in [0, 0.05) is 17.8 Å².